The molecular weight excluding hydrogens is 538 g/mol. The number of carbonyl (C=O) groups is 1. The molecule has 2 aromatic carbocycles. The molecule has 0 bridgehead atoms. The molecule has 0 unspecified atom stereocenters. The van der Waals surface area contributed by atoms with Gasteiger partial charge in [-0.3, -0.25) is 14.3 Å². The third-order valence-corrected chi connectivity index (χ3v) is 6.76. The summed E-state index contributed by atoms with van der Waals surface area (Å²) < 4.78 is 42.6. The molecule has 1 aliphatic rings. The molecule has 3 aromatic rings. The molecule has 1 aliphatic carbocycles. The Morgan fingerprint density at radius 3 is 2.61 bits per heavy atom. The van der Waals surface area contributed by atoms with E-state index in [0.717, 1.165) is 6.26 Å². The van der Waals surface area contributed by atoms with Crippen molar-refractivity contribution in [3.8, 4) is 22.8 Å². The average Bonchev–Trinajstić information content (AvgIpc) is 2.69. The van der Waals surface area contributed by atoms with Crippen LogP contribution in [0.3, 0.4) is 0 Å². The Morgan fingerprint density at radius 1 is 1.21 bits per heavy atom. The van der Waals surface area contributed by atoms with Crippen molar-refractivity contribution in [1.29, 1.82) is 0 Å². The standard InChI is InChI=1S/C22H19BrClNO7S/c1-30-20-8-14(19-10-17(26)13-4-3-5-16(24)21(13)32-19)18(9-15(20)23)31-12-6-11(7-12)22(27)25-33(2,28)29/h3-5,8-12H,6-7H2,1-2H3,(H,25,27)/t11-,12+. The number of hydrogen-bond acceptors (Lipinski definition) is 7. The Kier molecular flexibility index (Phi) is 6.43. The number of rotatable bonds is 6. The van der Waals surface area contributed by atoms with Gasteiger partial charge in [-0.2, -0.15) is 0 Å². The summed E-state index contributed by atoms with van der Waals surface area (Å²) in [5.74, 6) is 0.130. The van der Waals surface area contributed by atoms with E-state index in [1.165, 1.54) is 13.2 Å². The van der Waals surface area contributed by atoms with E-state index < -0.39 is 21.8 Å². The van der Waals surface area contributed by atoms with Crippen LogP contribution in [0.5, 0.6) is 11.5 Å². The van der Waals surface area contributed by atoms with Gasteiger partial charge in [0.1, 0.15) is 23.4 Å². The Labute approximate surface area is 203 Å². The highest BCUT2D eigenvalue weighted by atomic mass is 79.9. The molecule has 0 radical (unpaired) electrons. The zero-order valence-electron chi connectivity index (χ0n) is 17.6. The summed E-state index contributed by atoms with van der Waals surface area (Å²) in [5.41, 5.74) is 0.469. The van der Waals surface area contributed by atoms with Gasteiger partial charge >= 0.3 is 0 Å². The molecule has 1 amide bonds. The maximum absolute atomic E-state index is 12.7. The van der Waals surface area contributed by atoms with Gasteiger partial charge in [-0.15, -0.1) is 0 Å². The zero-order valence-corrected chi connectivity index (χ0v) is 20.7. The molecule has 1 aromatic heterocycles. The fourth-order valence-corrected chi connectivity index (χ4v) is 4.81. The summed E-state index contributed by atoms with van der Waals surface area (Å²) in [6.45, 7) is 0. The molecular formula is C22H19BrClNO7S. The van der Waals surface area contributed by atoms with Crippen LogP contribution in [0.25, 0.3) is 22.3 Å². The summed E-state index contributed by atoms with van der Waals surface area (Å²) in [6, 6.07) is 9.66. The lowest BCUT2D eigenvalue weighted by Crippen LogP contribution is -2.45. The van der Waals surface area contributed by atoms with Gasteiger partial charge in [0.2, 0.25) is 15.9 Å². The van der Waals surface area contributed by atoms with Crippen LogP contribution in [-0.2, 0) is 14.8 Å². The SMILES string of the molecule is COc1cc(-c2cc(=O)c3cccc(Cl)c3o2)c(O[C@H]2C[C@@H](C(=O)NS(C)(=O)=O)C2)cc1Br. The number of fused-ring (bicyclic) bond motifs is 1. The number of amides is 1. The summed E-state index contributed by atoms with van der Waals surface area (Å²) in [4.78, 5) is 24.7. The van der Waals surface area contributed by atoms with E-state index in [-0.39, 0.29) is 22.9 Å². The lowest BCUT2D eigenvalue weighted by Gasteiger charge is -2.34. The van der Waals surface area contributed by atoms with Gasteiger partial charge in [-0.05, 0) is 53.0 Å². The monoisotopic (exact) mass is 555 g/mol. The van der Waals surface area contributed by atoms with E-state index >= 15 is 0 Å². The second-order valence-corrected chi connectivity index (χ2v) is 10.7. The molecule has 11 heteroatoms. The minimum atomic E-state index is -3.62. The van der Waals surface area contributed by atoms with Crippen molar-refractivity contribution >= 4 is 54.4 Å². The summed E-state index contributed by atoms with van der Waals surface area (Å²) in [6.07, 6.45) is 1.30. The van der Waals surface area contributed by atoms with Crippen molar-refractivity contribution in [2.45, 2.75) is 18.9 Å². The number of benzene rings is 2. The van der Waals surface area contributed by atoms with E-state index in [4.69, 9.17) is 25.5 Å². The Balaban J connectivity index is 1.67. The molecule has 0 spiro atoms. The van der Waals surface area contributed by atoms with Crippen molar-refractivity contribution in [3.63, 3.8) is 0 Å². The van der Waals surface area contributed by atoms with Crippen LogP contribution in [0.1, 0.15) is 12.8 Å². The molecule has 1 heterocycles. The summed E-state index contributed by atoms with van der Waals surface area (Å²) in [5, 5.41) is 0.660. The molecule has 1 saturated carbocycles. The van der Waals surface area contributed by atoms with Crippen LogP contribution in [-0.4, -0.2) is 33.8 Å². The summed E-state index contributed by atoms with van der Waals surface area (Å²) >= 11 is 9.67. The van der Waals surface area contributed by atoms with Crippen LogP contribution >= 0.6 is 27.5 Å². The predicted octanol–water partition coefficient (Wildman–Crippen LogP) is 4.12. The first-order chi connectivity index (χ1) is 15.6. The largest absolute Gasteiger partial charge is 0.496 e. The second kappa shape index (κ2) is 9.00. The smallest absolute Gasteiger partial charge is 0.236 e. The van der Waals surface area contributed by atoms with Gasteiger partial charge in [-0.1, -0.05) is 17.7 Å². The molecule has 0 aliphatic heterocycles. The first-order valence-corrected chi connectivity index (χ1v) is 12.9. The minimum absolute atomic E-state index is 0.243. The molecule has 4 rings (SSSR count). The van der Waals surface area contributed by atoms with Crippen molar-refractivity contribution in [3.05, 3.63) is 56.1 Å². The van der Waals surface area contributed by atoms with Crippen molar-refractivity contribution < 1.29 is 27.1 Å². The van der Waals surface area contributed by atoms with E-state index in [1.807, 2.05) is 4.72 Å². The topological polar surface area (TPSA) is 112 Å². The number of para-hydroxylation sites is 1. The van der Waals surface area contributed by atoms with E-state index in [2.05, 4.69) is 15.9 Å². The van der Waals surface area contributed by atoms with E-state index in [0.29, 0.717) is 44.8 Å². The van der Waals surface area contributed by atoms with Crippen molar-refractivity contribution in [2.75, 3.05) is 13.4 Å². The predicted molar refractivity (Wildman–Crippen MR) is 127 cm³/mol. The molecule has 33 heavy (non-hydrogen) atoms. The van der Waals surface area contributed by atoms with Gasteiger partial charge in [0.25, 0.3) is 0 Å². The number of halogens is 2. The molecule has 8 nitrogen and oxygen atoms in total. The second-order valence-electron chi connectivity index (χ2n) is 7.72. The number of sulfonamides is 1. The molecule has 1 N–H and O–H groups in total. The molecule has 0 atom stereocenters. The third kappa shape index (κ3) is 5.02. The fraction of sp³-hybridized carbons (Fsp3) is 0.273. The van der Waals surface area contributed by atoms with Gasteiger partial charge < -0.3 is 13.9 Å². The highest BCUT2D eigenvalue weighted by molar-refractivity contribution is 9.10. The normalized spacial score (nSPS) is 17.9. The zero-order chi connectivity index (χ0) is 23.9. The van der Waals surface area contributed by atoms with Crippen LogP contribution in [0.4, 0.5) is 0 Å². The Hall–Kier alpha value is -2.56. The number of hydrogen-bond donors (Lipinski definition) is 1. The fourth-order valence-electron chi connectivity index (χ4n) is 3.58. The Morgan fingerprint density at radius 2 is 1.94 bits per heavy atom. The van der Waals surface area contributed by atoms with Crippen LogP contribution in [0, 0.1) is 5.92 Å². The minimum Gasteiger partial charge on any atom is -0.496 e. The van der Waals surface area contributed by atoms with Crippen LogP contribution in [0.15, 0.2) is 50.1 Å². The van der Waals surface area contributed by atoms with Crippen molar-refractivity contribution in [2.24, 2.45) is 5.92 Å². The highest BCUT2D eigenvalue weighted by Gasteiger charge is 2.37. The van der Waals surface area contributed by atoms with Crippen LogP contribution < -0.4 is 19.6 Å². The van der Waals surface area contributed by atoms with Gasteiger partial charge in [0.15, 0.2) is 11.0 Å². The molecule has 174 valence electrons. The van der Waals surface area contributed by atoms with Gasteiger partial charge in [0, 0.05) is 12.0 Å². The van der Waals surface area contributed by atoms with E-state index in [1.54, 1.807) is 30.3 Å². The quantitative estimate of drug-likeness (QED) is 0.486. The van der Waals surface area contributed by atoms with Gasteiger partial charge in [0.05, 0.1) is 33.8 Å². The number of carbonyl (C=O) groups excluding carboxylic acids is 1. The maximum Gasteiger partial charge on any atom is 0.236 e. The number of ether oxygens (including phenoxy) is 2. The number of methoxy groups -OCH3 is 1. The third-order valence-electron chi connectivity index (χ3n) is 5.27. The summed E-state index contributed by atoms with van der Waals surface area (Å²) in [7, 11) is -2.11. The van der Waals surface area contributed by atoms with Crippen LogP contribution in [0.2, 0.25) is 5.02 Å². The maximum atomic E-state index is 12.7. The first-order valence-electron chi connectivity index (χ1n) is 9.84. The van der Waals surface area contributed by atoms with Crippen molar-refractivity contribution in [1.82, 2.24) is 4.72 Å². The number of nitrogens with one attached hydrogen (secondary N) is 1. The lowest BCUT2D eigenvalue weighted by molar-refractivity contribution is -0.128. The Bertz CT molecular complexity index is 1410. The highest BCUT2D eigenvalue weighted by Crippen LogP contribution is 2.42. The first kappa shape index (κ1) is 23.6. The molecule has 0 saturated heterocycles. The molecule has 1 fully saturated rings. The lowest BCUT2D eigenvalue weighted by atomic mass is 9.82. The van der Waals surface area contributed by atoms with E-state index in [9.17, 15) is 18.0 Å². The van der Waals surface area contributed by atoms with Gasteiger partial charge in [-0.25, -0.2) is 8.42 Å². The average molecular weight is 557 g/mol.